The van der Waals surface area contributed by atoms with Crippen LogP contribution in [0.25, 0.3) is 0 Å². The van der Waals surface area contributed by atoms with E-state index in [1.807, 2.05) is 41.3 Å². The number of amidine groups is 1. The van der Waals surface area contributed by atoms with Crippen LogP contribution in [-0.4, -0.2) is 42.3 Å². The molecule has 0 unspecified atom stereocenters. The predicted octanol–water partition coefficient (Wildman–Crippen LogP) is 3.95. The summed E-state index contributed by atoms with van der Waals surface area (Å²) in [6.07, 6.45) is 0.103. The number of sulfone groups is 1. The third-order valence-electron chi connectivity index (χ3n) is 4.69. The number of anilines is 1. The van der Waals surface area contributed by atoms with Crippen molar-refractivity contribution in [3.05, 3.63) is 63.6 Å². The maximum atomic E-state index is 12.6. The second-order valence-electron chi connectivity index (χ2n) is 6.70. The third-order valence-corrected chi connectivity index (χ3v) is 8.80. The van der Waals surface area contributed by atoms with Gasteiger partial charge in [0.15, 0.2) is 15.0 Å². The first-order valence-electron chi connectivity index (χ1n) is 8.59. The molecule has 1 amide bonds. The van der Waals surface area contributed by atoms with E-state index in [1.165, 1.54) is 11.8 Å². The average molecular weight is 500 g/mol. The van der Waals surface area contributed by atoms with Crippen LogP contribution in [0.15, 0.2) is 58.0 Å². The lowest BCUT2D eigenvalue weighted by Crippen LogP contribution is -2.37. The third kappa shape index (κ3) is 4.15. The van der Waals surface area contributed by atoms with E-state index in [0.29, 0.717) is 10.2 Å². The molecule has 2 aliphatic rings. The van der Waals surface area contributed by atoms with Crippen molar-refractivity contribution >= 4 is 65.9 Å². The monoisotopic (exact) mass is 498 g/mol. The topological polar surface area (TPSA) is 66.8 Å². The van der Waals surface area contributed by atoms with Crippen molar-refractivity contribution in [3.63, 3.8) is 0 Å². The van der Waals surface area contributed by atoms with Gasteiger partial charge in [0.05, 0.1) is 24.0 Å². The Labute approximate surface area is 181 Å². The highest BCUT2D eigenvalue weighted by atomic mass is 79.9. The summed E-state index contributed by atoms with van der Waals surface area (Å²) >= 11 is 10.9. The number of nitrogens with zero attached hydrogens (tertiary/aromatic N) is 2. The highest BCUT2D eigenvalue weighted by Gasteiger charge is 2.49. The molecule has 5 nitrogen and oxygen atoms in total. The molecule has 0 bridgehead atoms. The molecule has 2 aromatic carbocycles. The molecule has 0 N–H and O–H groups in total. The zero-order valence-corrected chi connectivity index (χ0v) is 18.6. The highest BCUT2D eigenvalue weighted by molar-refractivity contribution is 9.10. The van der Waals surface area contributed by atoms with Crippen LogP contribution in [-0.2, 0) is 21.1 Å². The number of rotatable bonds is 3. The highest BCUT2D eigenvalue weighted by Crippen LogP contribution is 2.41. The minimum atomic E-state index is -3.09. The van der Waals surface area contributed by atoms with E-state index in [2.05, 4.69) is 20.9 Å². The lowest BCUT2D eigenvalue weighted by atomic mass is 10.1. The van der Waals surface area contributed by atoms with Gasteiger partial charge in [-0.2, -0.15) is 4.99 Å². The second-order valence-corrected chi connectivity index (χ2v) is 11.4. The summed E-state index contributed by atoms with van der Waals surface area (Å²) in [6.45, 7) is 0. The van der Waals surface area contributed by atoms with Crippen LogP contribution < -0.4 is 4.90 Å². The van der Waals surface area contributed by atoms with Crippen LogP contribution in [0.4, 0.5) is 5.69 Å². The van der Waals surface area contributed by atoms with Gasteiger partial charge in [-0.15, -0.1) is 0 Å². The Morgan fingerprint density at radius 3 is 2.61 bits per heavy atom. The Bertz CT molecular complexity index is 1060. The summed E-state index contributed by atoms with van der Waals surface area (Å²) in [6, 6.07) is 14.5. The smallest absolute Gasteiger partial charge is 0.252 e. The summed E-state index contributed by atoms with van der Waals surface area (Å²) in [7, 11) is -3.09. The molecule has 2 heterocycles. The van der Waals surface area contributed by atoms with Crippen molar-refractivity contribution in [2.24, 2.45) is 4.99 Å². The van der Waals surface area contributed by atoms with E-state index in [1.54, 1.807) is 12.1 Å². The van der Waals surface area contributed by atoms with Crippen molar-refractivity contribution in [1.29, 1.82) is 0 Å². The molecule has 4 rings (SSSR count). The SMILES string of the molecule is O=C(Cc1ccccc1Cl)N=C1S[C@H]2CS(=O)(=O)C[C@@H]2N1c1ccc(Br)cc1. The molecule has 2 aliphatic heterocycles. The van der Waals surface area contributed by atoms with E-state index < -0.39 is 9.84 Å². The molecular formula is C19H16BrClN2O3S2. The minimum absolute atomic E-state index is 0.0679. The molecule has 0 spiro atoms. The summed E-state index contributed by atoms with van der Waals surface area (Å²) in [5, 5.41) is 0.952. The number of benzene rings is 2. The van der Waals surface area contributed by atoms with Crippen LogP contribution in [0.2, 0.25) is 5.02 Å². The Hall–Kier alpha value is -1.35. The van der Waals surface area contributed by atoms with Gasteiger partial charge in [-0.1, -0.05) is 57.5 Å². The Morgan fingerprint density at radius 1 is 1.18 bits per heavy atom. The molecule has 0 saturated carbocycles. The number of carbonyl (C=O) groups excluding carboxylic acids is 1. The van der Waals surface area contributed by atoms with Gasteiger partial charge in [0.2, 0.25) is 0 Å². The molecule has 2 atom stereocenters. The first-order chi connectivity index (χ1) is 13.3. The van der Waals surface area contributed by atoms with Crippen LogP contribution >= 0.6 is 39.3 Å². The molecule has 28 heavy (non-hydrogen) atoms. The van der Waals surface area contributed by atoms with E-state index in [4.69, 9.17) is 11.6 Å². The van der Waals surface area contributed by atoms with Crippen LogP contribution in [0.3, 0.4) is 0 Å². The maximum absolute atomic E-state index is 12.6. The van der Waals surface area contributed by atoms with Gasteiger partial charge in [0.25, 0.3) is 5.91 Å². The van der Waals surface area contributed by atoms with Crippen molar-refractivity contribution in [3.8, 4) is 0 Å². The summed E-state index contributed by atoms with van der Waals surface area (Å²) in [5.41, 5.74) is 1.55. The standard InChI is InChI=1S/C19H16BrClN2O3S2/c20-13-5-7-14(8-6-13)23-16-10-28(25,26)11-17(16)27-19(23)22-18(24)9-12-3-1-2-4-15(12)21/h1-8,16-17H,9-11H2/t16-,17-/m0/s1. The van der Waals surface area contributed by atoms with Crippen LogP contribution in [0, 0.1) is 0 Å². The largest absolute Gasteiger partial charge is 0.316 e. The number of fused-ring (bicyclic) bond motifs is 1. The first-order valence-corrected chi connectivity index (χ1v) is 12.5. The Balaban J connectivity index is 1.65. The Morgan fingerprint density at radius 2 is 1.89 bits per heavy atom. The van der Waals surface area contributed by atoms with E-state index in [-0.39, 0.29) is 35.1 Å². The second kappa shape index (κ2) is 7.82. The molecule has 9 heteroatoms. The fourth-order valence-corrected chi connectivity index (χ4v) is 7.82. The van der Waals surface area contributed by atoms with Gasteiger partial charge >= 0.3 is 0 Å². The lowest BCUT2D eigenvalue weighted by molar-refractivity contribution is -0.117. The summed E-state index contributed by atoms with van der Waals surface area (Å²) < 4.78 is 25.2. The van der Waals surface area contributed by atoms with Gasteiger partial charge in [0, 0.05) is 20.4 Å². The number of thioether (sulfide) groups is 1. The average Bonchev–Trinajstić information content (AvgIpc) is 3.09. The van der Waals surface area contributed by atoms with E-state index in [0.717, 1.165) is 15.7 Å². The molecule has 2 saturated heterocycles. The number of amides is 1. The van der Waals surface area contributed by atoms with Crippen molar-refractivity contribution in [2.45, 2.75) is 17.7 Å². The van der Waals surface area contributed by atoms with Crippen LogP contribution in [0.1, 0.15) is 5.56 Å². The lowest BCUT2D eigenvalue weighted by Gasteiger charge is -2.24. The quantitative estimate of drug-likeness (QED) is 0.640. The molecule has 0 aromatic heterocycles. The number of halogens is 2. The molecular weight excluding hydrogens is 484 g/mol. The normalized spacial score (nSPS) is 24.5. The molecule has 0 radical (unpaired) electrons. The Kier molecular flexibility index (Phi) is 5.57. The van der Waals surface area contributed by atoms with Gasteiger partial charge in [-0.05, 0) is 35.9 Å². The minimum Gasteiger partial charge on any atom is -0.316 e. The van der Waals surface area contributed by atoms with E-state index in [9.17, 15) is 13.2 Å². The zero-order chi connectivity index (χ0) is 19.9. The van der Waals surface area contributed by atoms with Gasteiger partial charge in [-0.3, -0.25) is 4.79 Å². The summed E-state index contributed by atoms with van der Waals surface area (Å²) in [5.74, 6) is -0.133. The number of carbonyl (C=O) groups is 1. The summed E-state index contributed by atoms with van der Waals surface area (Å²) in [4.78, 5) is 18.8. The number of hydrogen-bond donors (Lipinski definition) is 0. The maximum Gasteiger partial charge on any atom is 0.252 e. The zero-order valence-electron chi connectivity index (χ0n) is 14.6. The van der Waals surface area contributed by atoms with Crippen molar-refractivity contribution in [1.82, 2.24) is 0 Å². The van der Waals surface area contributed by atoms with Crippen LogP contribution in [0.5, 0.6) is 0 Å². The van der Waals surface area contributed by atoms with Crippen molar-refractivity contribution < 1.29 is 13.2 Å². The number of hydrogen-bond acceptors (Lipinski definition) is 4. The van der Waals surface area contributed by atoms with E-state index >= 15 is 0 Å². The first kappa shape index (κ1) is 19.9. The molecule has 0 aliphatic carbocycles. The fraction of sp³-hybridized carbons (Fsp3) is 0.263. The van der Waals surface area contributed by atoms with Crippen molar-refractivity contribution in [2.75, 3.05) is 16.4 Å². The number of aliphatic imine (C=N–C) groups is 1. The van der Waals surface area contributed by atoms with Gasteiger partial charge in [0.1, 0.15) is 0 Å². The van der Waals surface area contributed by atoms with Gasteiger partial charge < -0.3 is 4.90 Å². The molecule has 2 fully saturated rings. The van der Waals surface area contributed by atoms with Gasteiger partial charge in [-0.25, -0.2) is 8.42 Å². The predicted molar refractivity (Wildman–Crippen MR) is 118 cm³/mol. The fourth-order valence-electron chi connectivity index (χ4n) is 3.42. The molecule has 2 aromatic rings. The molecule has 146 valence electrons.